The Hall–Kier alpha value is -6.91. The van der Waals surface area contributed by atoms with Crippen LogP contribution in [0.2, 0.25) is 0 Å². The van der Waals surface area contributed by atoms with E-state index in [4.69, 9.17) is 19.4 Å². The molecule has 2 heterocycles. The number of nitrogens with zero attached hydrogens (tertiary/aromatic N) is 3. The molecular weight excluding hydrogens is 623 g/mol. The quantitative estimate of drug-likeness (QED) is 0.190. The number of para-hydroxylation sites is 1. The molecule has 0 aliphatic heterocycles. The van der Waals surface area contributed by atoms with Gasteiger partial charge in [0, 0.05) is 27.5 Å². The number of aromatic nitrogens is 3. The lowest BCUT2D eigenvalue weighted by Gasteiger charge is -2.12. The summed E-state index contributed by atoms with van der Waals surface area (Å²) in [5, 5.41) is 6.89. The third-order valence-electron chi connectivity index (χ3n) is 10.3. The second-order valence-electron chi connectivity index (χ2n) is 13.2. The van der Waals surface area contributed by atoms with E-state index < -0.39 is 0 Å². The van der Waals surface area contributed by atoms with E-state index in [-0.39, 0.29) is 0 Å². The fourth-order valence-corrected chi connectivity index (χ4v) is 7.93. The van der Waals surface area contributed by atoms with Gasteiger partial charge in [0.15, 0.2) is 17.5 Å². The van der Waals surface area contributed by atoms with E-state index in [2.05, 4.69) is 133 Å². The highest BCUT2D eigenvalue weighted by Gasteiger charge is 2.23. The Bertz CT molecular complexity index is 3020. The van der Waals surface area contributed by atoms with Crippen LogP contribution in [-0.4, -0.2) is 15.0 Å². The Kier molecular flexibility index (Phi) is 5.92. The molecule has 0 amide bonds. The van der Waals surface area contributed by atoms with E-state index >= 15 is 0 Å². The average Bonchev–Trinajstić information content (AvgIpc) is 3.75. The zero-order chi connectivity index (χ0) is 33.5. The predicted octanol–water partition coefficient (Wildman–Crippen LogP) is 12.4. The molecule has 0 bridgehead atoms. The Morgan fingerprint density at radius 1 is 0.314 bits per heavy atom. The van der Waals surface area contributed by atoms with Crippen molar-refractivity contribution >= 4 is 43.5 Å². The van der Waals surface area contributed by atoms with Gasteiger partial charge < -0.3 is 4.42 Å². The number of rotatable bonds is 4. The second-order valence-corrected chi connectivity index (χ2v) is 13.2. The van der Waals surface area contributed by atoms with Crippen LogP contribution in [0.4, 0.5) is 0 Å². The van der Waals surface area contributed by atoms with E-state index in [1.807, 2.05) is 30.3 Å². The van der Waals surface area contributed by atoms with Crippen LogP contribution in [0.25, 0.3) is 111 Å². The van der Waals surface area contributed by atoms with Crippen molar-refractivity contribution in [3.63, 3.8) is 0 Å². The van der Waals surface area contributed by atoms with Gasteiger partial charge in [-0.15, -0.1) is 0 Å². The molecule has 8 aromatic carbocycles. The van der Waals surface area contributed by atoms with Crippen molar-refractivity contribution in [2.24, 2.45) is 0 Å². The summed E-state index contributed by atoms with van der Waals surface area (Å²) in [5.74, 6) is 1.85. The Morgan fingerprint density at radius 3 is 1.78 bits per heavy atom. The van der Waals surface area contributed by atoms with E-state index in [9.17, 15) is 0 Å². The minimum absolute atomic E-state index is 0.605. The van der Waals surface area contributed by atoms with Gasteiger partial charge in [0.05, 0.1) is 0 Å². The lowest BCUT2D eigenvalue weighted by molar-refractivity contribution is 0.669. The molecule has 0 spiro atoms. The third kappa shape index (κ3) is 4.30. The van der Waals surface area contributed by atoms with Gasteiger partial charge in [0.1, 0.15) is 11.2 Å². The molecule has 0 unspecified atom stereocenters. The number of furan rings is 1. The maximum Gasteiger partial charge on any atom is 0.164 e. The summed E-state index contributed by atoms with van der Waals surface area (Å²) in [6.45, 7) is 0. The lowest BCUT2D eigenvalue weighted by Crippen LogP contribution is -2.00. The Balaban J connectivity index is 1.12. The number of hydrogen-bond donors (Lipinski definition) is 0. The number of benzene rings is 8. The Labute approximate surface area is 293 Å². The predicted molar refractivity (Wildman–Crippen MR) is 208 cm³/mol. The SMILES string of the molecule is c1cc(-c2nc(-c3ccc4ccccc4c3)nc(-c3cccc4oc5ccccc5c34)n2)cc(-c2ccc3c4c(cccc24)-c2ccccc2-3)c1. The fraction of sp³-hybridized carbons (Fsp3) is 0. The van der Waals surface area contributed by atoms with Crippen LogP contribution < -0.4 is 0 Å². The van der Waals surface area contributed by atoms with Crippen LogP contribution in [-0.2, 0) is 0 Å². The molecule has 11 rings (SSSR count). The first kappa shape index (κ1) is 28.0. The monoisotopic (exact) mass is 649 g/mol. The molecule has 0 saturated heterocycles. The molecular formula is C47H27N3O. The van der Waals surface area contributed by atoms with Crippen LogP contribution in [0.1, 0.15) is 0 Å². The molecule has 2 aromatic heterocycles. The maximum absolute atomic E-state index is 6.26. The largest absolute Gasteiger partial charge is 0.456 e. The topological polar surface area (TPSA) is 51.8 Å². The van der Waals surface area contributed by atoms with Gasteiger partial charge in [0.25, 0.3) is 0 Å². The van der Waals surface area contributed by atoms with E-state index in [1.54, 1.807) is 0 Å². The molecule has 1 aliphatic carbocycles. The average molecular weight is 650 g/mol. The summed E-state index contributed by atoms with van der Waals surface area (Å²) in [5.41, 5.74) is 11.9. The molecule has 236 valence electrons. The molecule has 4 nitrogen and oxygen atoms in total. The van der Waals surface area contributed by atoms with Crippen molar-refractivity contribution in [2.45, 2.75) is 0 Å². The van der Waals surface area contributed by atoms with Crippen molar-refractivity contribution in [1.82, 2.24) is 15.0 Å². The van der Waals surface area contributed by atoms with E-state index in [0.29, 0.717) is 17.5 Å². The van der Waals surface area contributed by atoms with Gasteiger partial charge in [-0.2, -0.15) is 0 Å². The van der Waals surface area contributed by atoms with Crippen LogP contribution in [0, 0.1) is 0 Å². The maximum atomic E-state index is 6.26. The molecule has 0 saturated carbocycles. The minimum Gasteiger partial charge on any atom is -0.456 e. The number of fused-ring (bicyclic) bond motifs is 7. The van der Waals surface area contributed by atoms with Gasteiger partial charge >= 0.3 is 0 Å². The normalized spacial score (nSPS) is 11.9. The zero-order valence-corrected chi connectivity index (χ0v) is 27.3. The highest BCUT2D eigenvalue weighted by Crippen LogP contribution is 2.49. The minimum atomic E-state index is 0.605. The van der Waals surface area contributed by atoms with Crippen molar-refractivity contribution in [2.75, 3.05) is 0 Å². The van der Waals surface area contributed by atoms with Gasteiger partial charge in [-0.3, -0.25) is 0 Å². The summed E-state index contributed by atoms with van der Waals surface area (Å²) in [6.07, 6.45) is 0. The van der Waals surface area contributed by atoms with Gasteiger partial charge in [-0.25, -0.2) is 15.0 Å². The summed E-state index contributed by atoms with van der Waals surface area (Å²) < 4.78 is 6.26. The van der Waals surface area contributed by atoms with Crippen LogP contribution >= 0.6 is 0 Å². The molecule has 0 fully saturated rings. The molecule has 4 heteroatoms. The molecule has 0 radical (unpaired) electrons. The second kappa shape index (κ2) is 10.8. The standard InChI is InChI=1S/C47H27N3O/c1-2-11-29-26-32(23-22-28(29)10-1)46-48-45(49-47(50-46)40-19-9-21-42-44(40)39-16-5-6-20-41(39)51-42)31-13-7-12-30(27-31)33-24-25-38-35-15-4-3-14-34(35)37-18-8-17-36(33)43(37)38/h1-27H. The summed E-state index contributed by atoms with van der Waals surface area (Å²) in [6, 6.07) is 57.5. The number of hydrogen-bond acceptors (Lipinski definition) is 4. The molecule has 51 heavy (non-hydrogen) atoms. The van der Waals surface area contributed by atoms with Crippen molar-refractivity contribution in [3.8, 4) is 67.5 Å². The van der Waals surface area contributed by atoms with Crippen molar-refractivity contribution in [3.05, 3.63) is 164 Å². The van der Waals surface area contributed by atoms with Crippen molar-refractivity contribution in [1.29, 1.82) is 0 Å². The lowest BCUT2D eigenvalue weighted by atomic mass is 9.93. The summed E-state index contributed by atoms with van der Waals surface area (Å²) in [4.78, 5) is 15.5. The first-order valence-corrected chi connectivity index (χ1v) is 17.2. The first-order chi connectivity index (χ1) is 25.3. The zero-order valence-electron chi connectivity index (χ0n) is 27.3. The summed E-state index contributed by atoms with van der Waals surface area (Å²) in [7, 11) is 0. The van der Waals surface area contributed by atoms with Crippen molar-refractivity contribution < 1.29 is 4.42 Å². The molecule has 0 atom stereocenters. The van der Waals surface area contributed by atoms with Crippen LogP contribution in [0.3, 0.4) is 0 Å². The Morgan fingerprint density at radius 2 is 0.902 bits per heavy atom. The van der Waals surface area contributed by atoms with Gasteiger partial charge in [-0.05, 0) is 79.2 Å². The molecule has 1 aliphatic rings. The highest BCUT2D eigenvalue weighted by molar-refractivity contribution is 6.18. The van der Waals surface area contributed by atoms with E-state index in [1.165, 1.54) is 44.0 Å². The van der Waals surface area contributed by atoms with E-state index in [0.717, 1.165) is 49.6 Å². The fourth-order valence-electron chi connectivity index (χ4n) is 7.93. The highest BCUT2D eigenvalue weighted by atomic mass is 16.3. The van der Waals surface area contributed by atoms with Crippen LogP contribution in [0.15, 0.2) is 168 Å². The van der Waals surface area contributed by atoms with Crippen LogP contribution in [0.5, 0.6) is 0 Å². The summed E-state index contributed by atoms with van der Waals surface area (Å²) >= 11 is 0. The molecule has 0 N–H and O–H groups in total. The third-order valence-corrected chi connectivity index (χ3v) is 10.3. The van der Waals surface area contributed by atoms with Gasteiger partial charge in [0.2, 0.25) is 0 Å². The first-order valence-electron chi connectivity index (χ1n) is 17.2. The smallest absolute Gasteiger partial charge is 0.164 e. The van der Waals surface area contributed by atoms with Gasteiger partial charge in [-0.1, -0.05) is 140 Å². The molecule has 10 aromatic rings.